The van der Waals surface area contributed by atoms with Gasteiger partial charge in [0.2, 0.25) is 0 Å². The van der Waals surface area contributed by atoms with E-state index in [0.29, 0.717) is 41.4 Å². The molecule has 4 aromatic rings. The van der Waals surface area contributed by atoms with Crippen molar-refractivity contribution in [1.29, 1.82) is 0 Å². The first-order chi connectivity index (χ1) is 20.1. The molecule has 0 radical (unpaired) electrons. The maximum Gasteiger partial charge on any atom is 0.253 e. The van der Waals surface area contributed by atoms with E-state index in [9.17, 15) is 14.3 Å². The van der Waals surface area contributed by atoms with E-state index < -0.39 is 0 Å². The number of aliphatic hydroxyl groups is 1. The first kappa shape index (κ1) is 27.4. The lowest BCUT2D eigenvalue weighted by Crippen LogP contribution is -2.38. The van der Waals surface area contributed by atoms with Crippen LogP contribution in [0.3, 0.4) is 0 Å². The Labute approximate surface area is 239 Å². The highest BCUT2D eigenvalue weighted by Crippen LogP contribution is 2.33. The highest BCUT2D eigenvalue weighted by atomic mass is 19.1. The number of nitrogens with zero attached hydrogens (tertiary/aromatic N) is 3. The number of amides is 1. The summed E-state index contributed by atoms with van der Waals surface area (Å²) in [4.78, 5) is 20.4. The largest absolute Gasteiger partial charge is 0.489 e. The van der Waals surface area contributed by atoms with E-state index >= 15 is 0 Å². The van der Waals surface area contributed by atoms with E-state index in [1.807, 2.05) is 11.0 Å². The van der Waals surface area contributed by atoms with Crippen LogP contribution >= 0.6 is 0 Å². The summed E-state index contributed by atoms with van der Waals surface area (Å²) in [5, 5.41) is 9.96. The Morgan fingerprint density at radius 2 is 1.80 bits per heavy atom. The third-order valence-corrected chi connectivity index (χ3v) is 8.37. The lowest BCUT2D eigenvalue weighted by Gasteiger charge is -2.33. The van der Waals surface area contributed by atoms with Crippen LogP contribution in [0.25, 0.3) is 11.0 Å². The van der Waals surface area contributed by atoms with Gasteiger partial charge in [0.15, 0.2) is 0 Å². The molecule has 7 nitrogen and oxygen atoms in total. The van der Waals surface area contributed by atoms with Crippen LogP contribution < -0.4 is 4.74 Å². The molecule has 1 amide bonds. The van der Waals surface area contributed by atoms with Gasteiger partial charge in [-0.15, -0.1) is 0 Å². The first-order valence-corrected chi connectivity index (χ1v) is 14.5. The number of halogens is 1. The van der Waals surface area contributed by atoms with Gasteiger partial charge in [-0.2, -0.15) is 0 Å². The minimum atomic E-state index is -0.324. The van der Waals surface area contributed by atoms with Crippen molar-refractivity contribution in [3.63, 3.8) is 0 Å². The summed E-state index contributed by atoms with van der Waals surface area (Å²) in [6.07, 6.45) is 3.85. The topological polar surface area (TPSA) is 76.8 Å². The van der Waals surface area contributed by atoms with Crippen molar-refractivity contribution in [2.24, 2.45) is 5.92 Å². The zero-order valence-corrected chi connectivity index (χ0v) is 23.2. The molecule has 214 valence electrons. The molecule has 0 saturated carbocycles. The fourth-order valence-electron chi connectivity index (χ4n) is 6.07. The number of carbonyl (C=O) groups is 1. The van der Waals surface area contributed by atoms with Gasteiger partial charge in [-0.05, 0) is 79.6 Å². The van der Waals surface area contributed by atoms with Gasteiger partial charge in [-0.3, -0.25) is 4.79 Å². The quantitative estimate of drug-likeness (QED) is 0.301. The Morgan fingerprint density at radius 1 is 1.00 bits per heavy atom. The molecule has 0 unspecified atom stereocenters. The molecule has 2 fully saturated rings. The molecule has 2 aliphatic rings. The molecule has 2 aliphatic heterocycles. The molecular weight excluding hydrogens is 521 g/mol. The van der Waals surface area contributed by atoms with Crippen LogP contribution in [0.5, 0.6) is 5.75 Å². The maximum absolute atomic E-state index is 13.5. The number of hydrogen-bond acceptors (Lipinski definition) is 5. The zero-order chi connectivity index (χ0) is 28.2. The van der Waals surface area contributed by atoms with Gasteiger partial charge in [0.25, 0.3) is 5.91 Å². The zero-order valence-electron chi connectivity index (χ0n) is 23.2. The van der Waals surface area contributed by atoms with Crippen LogP contribution in [-0.4, -0.2) is 51.8 Å². The molecule has 0 aliphatic carbocycles. The molecule has 1 aromatic heterocycles. The number of carbonyl (C=O) groups excluding carboxylic acids is 1. The standard InChI is InChI=1S/C33H36FN3O4/c34-28-5-3-4-24(18-28)22-41-31-9-8-26(19-27(31)21-38)33(39)36-14-10-25(11-15-36)32-35-29-6-1-2-7-30(29)37(32)20-23-12-16-40-17-13-23/h1-9,18-19,23,25,38H,10-17,20-22H2. The second-order valence-corrected chi connectivity index (χ2v) is 11.1. The monoisotopic (exact) mass is 557 g/mol. The summed E-state index contributed by atoms with van der Waals surface area (Å²) in [5.41, 5.74) is 3.97. The molecule has 0 spiro atoms. The number of benzene rings is 3. The minimum absolute atomic E-state index is 0.0504. The molecule has 0 bridgehead atoms. The maximum atomic E-state index is 13.5. The van der Waals surface area contributed by atoms with Crippen LogP contribution in [0.1, 0.15) is 58.9 Å². The summed E-state index contributed by atoms with van der Waals surface area (Å²) in [6.45, 7) is 3.81. The Kier molecular flexibility index (Phi) is 8.30. The predicted octanol–water partition coefficient (Wildman–Crippen LogP) is 5.69. The molecule has 6 rings (SSSR count). The third-order valence-electron chi connectivity index (χ3n) is 8.37. The van der Waals surface area contributed by atoms with Gasteiger partial charge in [0.05, 0.1) is 17.6 Å². The van der Waals surface area contributed by atoms with Crippen molar-refractivity contribution in [2.45, 2.75) is 51.4 Å². The minimum Gasteiger partial charge on any atom is -0.489 e. The van der Waals surface area contributed by atoms with Gasteiger partial charge in [-0.25, -0.2) is 9.37 Å². The van der Waals surface area contributed by atoms with Crippen molar-refractivity contribution < 1.29 is 23.8 Å². The second-order valence-electron chi connectivity index (χ2n) is 11.1. The molecule has 41 heavy (non-hydrogen) atoms. The first-order valence-electron chi connectivity index (χ1n) is 14.5. The number of imidazole rings is 1. The van der Waals surface area contributed by atoms with E-state index in [1.165, 1.54) is 17.6 Å². The molecule has 3 heterocycles. The number of fused-ring (bicyclic) bond motifs is 1. The average molecular weight is 558 g/mol. The fraction of sp³-hybridized carbons (Fsp3) is 0.394. The number of aliphatic hydroxyl groups excluding tert-OH is 1. The van der Waals surface area contributed by atoms with Crippen LogP contribution in [0.15, 0.2) is 66.7 Å². The number of piperidine rings is 1. The van der Waals surface area contributed by atoms with E-state index in [0.717, 1.165) is 56.8 Å². The number of para-hydroxylation sites is 2. The summed E-state index contributed by atoms with van der Waals surface area (Å²) in [6, 6.07) is 19.7. The number of rotatable bonds is 8. The SMILES string of the molecule is O=C(c1ccc(OCc2cccc(F)c2)c(CO)c1)N1CCC(c2nc3ccccc3n2CC2CCOCC2)CC1. The normalized spacial score (nSPS) is 16.8. The Balaban J connectivity index is 1.12. The number of likely N-dealkylation sites (tertiary alicyclic amines) is 1. The van der Waals surface area contributed by atoms with Crippen molar-refractivity contribution in [3.05, 3.63) is 95.1 Å². The molecular formula is C33H36FN3O4. The van der Waals surface area contributed by atoms with E-state index in [2.05, 4.69) is 22.8 Å². The summed E-state index contributed by atoms with van der Waals surface area (Å²) in [7, 11) is 0. The smallest absolute Gasteiger partial charge is 0.253 e. The number of hydrogen-bond donors (Lipinski definition) is 1. The molecule has 8 heteroatoms. The lowest BCUT2D eigenvalue weighted by atomic mass is 9.94. The van der Waals surface area contributed by atoms with Crippen LogP contribution in [0, 0.1) is 11.7 Å². The van der Waals surface area contributed by atoms with E-state index in [4.69, 9.17) is 14.5 Å². The van der Waals surface area contributed by atoms with Gasteiger partial charge >= 0.3 is 0 Å². The van der Waals surface area contributed by atoms with Crippen molar-refractivity contribution in [3.8, 4) is 5.75 Å². The van der Waals surface area contributed by atoms with Gasteiger partial charge in [-0.1, -0.05) is 24.3 Å². The fourth-order valence-corrected chi connectivity index (χ4v) is 6.07. The van der Waals surface area contributed by atoms with Crippen LogP contribution in [-0.2, 0) is 24.5 Å². The molecule has 1 N–H and O–H groups in total. The van der Waals surface area contributed by atoms with Crippen LogP contribution in [0.2, 0.25) is 0 Å². The summed E-state index contributed by atoms with van der Waals surface area (Å²) < 4.78 is 27.3. The van der Waals surface area contributed by atoms with Crippen molar-refractivity contribution >= 4 is 16.9 Å². The molecule has 0 atom stereocenters. The van der Waals surface area contributed by atoms with E-state index in [-0.39, 0.29) is 30.9 Å². The highest BCUT2D eigenvalue weighted by molar-refractivity contribution is 5.94. The lowest BCUT2D eigenvalue weighted by molar-refractivity contribution is 0.0610. The number of aromatic nitrogens is 2. The Morgan fingerprint density at radius 3 is 2.59 bits per heavy atom. The Hall–Kier alpha value is -3.75. The third kappa shape index (κ3) is 6.14. The highest BCUT2D eigenvalue weighted by Gasteiger charge is 2.29. The van der Waals surface area contributed by atoms with Gasteiger partial charge in [0.1, 0.15) is 24.0 Å². The average Bonchev–Trinajstić information content (AvgIpc) is 3.38. The molecule has 3 aromatic carbocycles. The summed E-state index contributed by atoms with van der Waals surface area (Å²) >= 11 is 0. The van der Waals surface area contributed by atoms with Crippen molar-refractivity contribution in [2.75, 3.05) is 26.3 Å². The van der Waals surface area contributed by atoms with E-state index in [1.54, 1.807) is 30.3 Å². The van der Waals surface area contributed by atoms with Gasteiger partial charge < -0.3 is 24.0 Å². The Bertz CT molecular complexity index is 1510. The number of ether oxygens (including phenoxy) is 2. The summed E-state index contributed by atoms with van der Waals surface area (Å²) in [5.74, 6) is 2.11. The predicted molar refractivity (Wildman–Crippen MR) is 154 cm³/mol. The van der Waals surface area contributed by atoms with Crippen molar-refractivity contribution in [1.82, 2.24) is 14.5 Å². The second kappa shape index (κ2) is 12.4. The van der Waals surface area contributed by atoms with Gasteiger partial charge in [0, 0.05) is 49.9 Å². The van der Waals surface area contributed by atoms with Crippen LogP contribution in [0.4, 0.5) is 4.39 Å². The molecule has 2 saturated heterocycles.